The molecule has 5 rings (SSSR count). The van der Waals surface area contributed by atoms with E-state index < -0.39 is 10.9 Å². The zero-order chi connectivity index (χ0) is 23.7. The molecule has 0 aliphatic rings. The molecule has 0 fully saturated rings. The zero-order valence-corrected chi connectivity index (χ0v) is 18.1. The molecule has 2 aromatic heterocycles. The largest absolute Gasteiger partial charge is 0.481 e. The predicted molar refractivity (Wildman–Crippen MR) is 129 cm³/mol. The summed E-state index contributed by atoms with van der Waals surface area (Å²) in [4.78, 5) is 26.8. The number of aliphatic carboxylic acids is 1. The molecular weight excluding hydrogens is 434 g/mol. The number of carbonyl (C=O) groups is 1. The van der Waals surface area contributed by atoms with Gasteiger partial charge in [0.25, 0.3) is 0 Å². The molecule has 0 saturated heterocycles. The molecule has 0 aliphatic carbocycles. The number of aromatic nitrogens is 1. The number of rotatable bonds is 8. The minimum Gasteiger partial charge on any atom is -0.481 e. The third-order valence-electron chi connectivity index (χ3n) is 5.73. The van der Waals surface area contributed by atoms with Crippen LogP contribution in [-0.4, -0.2) is 21.0 Å². The molecule has 34 heavy (non-hydrogen) atoms. The maximum Gasteiger partial charge on any atom is 0.433 e. The first kappa shape index (κ1) is 21.3. The maximum absolute atomic E-state index is 11.1. The molecule has 0 unspecified atom stereocenters. The highest BCUT2D eigenvalue weighted by Crippen LogP contribution is 2.28. The Morgan fingerprint density at radius 1 is 0.941 bits per heavy atom. The summed E-state index contributed by atoms with van der Waals surface area (Å²) in [5.41, 5.74) is 3.45. The summed E-state index contributed by atoms with van der Waals surface area (Å²) < 4.78 is 5.43. The van der Waals surface area contributed by atoms with Crippen LogP contribution in [0, 0.1) is 10.1 Å². The van der Waals surface area contributed by atoms with Crippen LogP contribution in [0.2, 0.25) is 0 Å². The first-order valence-electron chi connectivity index (χ1n) is 10.7. The monoisotopic (exact) mass is 455 g/mol. The molecule has 170 valence electrons. The molecular formula is C26H21N3O5. The molecule has 5 aromatic rings. The number of anilines is 1. The van der Waals surface area contributed by atoms with E-state index in [-0.39, 0.29) is 12.3 Å². The lowest BCUT2D eigenvalue weighted by Crippen LogP contribution is -2.21. The van der Waals surface area contributed by atoms with Crippen LogP contribution in [0.25, 0.3) is 21.7 Å². The first-order valence-corrected chi connectivity index (χ1v) is 10.7. The van der Waals surface area contributed by atoms with Gasteiger partial charge >= 0.3 is 11.9 Å². The summed E-state index contributed by atoms with van der Waals surface area (Å²) in [6, 6.07) is 25.1. The molecule has 2 heterocycles. The van der Waals surface area contributed by atoms with E-state index in [1.807, 2.05) is 36.4 Å². The van der Waals surface area contributed by atoms with Gasteiger partial charge in [-0.3, -0.25) is 14.9 Å². The Hall–Kier alpha value is -4.59. The fraction of sp³-hybridized carbons (Fsp3) is 0.115. The number of hydrogen-bond donors (Lipinski definition) is 2. The zero-order valence-electron chi connectivity index (χ0n) is 18.1. The van der Waals surface area contributed by atoms with Gasteiger partial charge in [0, 0.05) is 28.8 Å². The topological polar surface area (TPSA) is 113 Å². The van der Waals surface area contributed by atoms with E-state index in [2.05, 4.69) is 40.2 Å². The Morgan fingerprint density at radius 3 is 2.53 bits per heavy atom. The maximum atomic E-state index is 11.1. The molecule has 2 N–H and O–H groups in total. The van der Waals surface area contributed by atoms with Crippen LogP contribution in [0.4, 0.5) is 11.6 Å². The van der Waals surface area contributed by atoms with Crippen molar-refractivity contribution in [2.75, 3.05) is 4.90 Å². The van der Waals surface area contributed by atoms with E-state index in [0.717, 1.165) is 32.9 Å². The van der Waals surface area contributed by atoms with Gasteiger partial charge in [-0.15, -0.1) is 0 Å². The van der Waals surface area contributed by atoms with Crippen LogP contribution in [0.5, 0.6) is 0 Å². The lowest BCUT2D eigenvalue weighted by molar-refractivity contribution is -0.402. The summed E-state index contributed by atoms with van der Waals surface area (Å²) >= 11 is 0. The van der Waals surface area contributed by atoms with Gasteiger partial charge in [0.15, 0.2) is 0 Å². The SMILES string of the molecule is O=C(O)Cc1cc2cc(N(Cc3ccc4ccccc4c3)Cc3ccc([N+](=O)[O-])o3)ccc2[nH]1. The van der Waals surface area contributed by atoms with Crippen molar-refractivity contribution in [3.63, 3.8) is 0 Å². The second-order valence-corrected chi connectivity index (χ2v) is 8.17. The Kier molecular flexibility index (Phi) is 5.47. The van der Waals surface area contributed by atoms with Crippen molar-refractivity contribution in [2.45, 2.75) is 19.5 Å². The minimum absolute atomic E-state index is 0.0825. The second kappa shape index (κ2) is 8.74. The summed E-state index contributed by atoms with van der Waals surface area (Å²) in [5, 5.41) is 23.3. The number of furan rings is 1. The lowest BCUT2D eigenvalue weighted by Gasteiger charge is -2.24. The van der Waals surface area contributed by atoms with Crippen molar-refractivity contribution in [1.29, 1.82) is 0 Å². The molecule has 0 bridgehead atoms. The fourth-order valence-electron chi connectivity index (χ4n) is 4.17. The van der Waals surface area contributed by atoms with E-state index in [1.165, 1.54) is 6.07 Å². The Balaban J connectivity index is 1.50. The molecule has 0 amide bonds. The summed E-state index contributed by atoms with van der Waals surface area (Å²) in [6.07, 6.45) is -0.0825. The minimum atomic E-state index is -0.899. The number of carboxylic acids is 1. The number of nitrogens with one attached hydrogen (secondary N) is 1. The number of carboxylic acid groups (broad SMARTS) is 1. The third-order valence-corrected chi connectivity index (χ3v) is 5.73. The molecule has 8 nitrogen and oxygen atoms in total. The first-order chi connectivity index (χ1) is 16.4. The second-order valence-electron chi connectivity index (χ2n) is 8.17. The van der Waals surface area contributed by atoms with Crippen LogP contribution < -0.4 is 4.90 Å². The quantitative estimate of drug-likeness (QED) is 0.231. The molecule has 0 aliphatic heterocycles. The normalized spacial score (nSPS) is 11.2. The van der Waals surface area contributed by atoms with Crippen molar-refractivity contribution in [1.82, 2.24) is 4.98 Å². The van der Waals surface area contributed by atoms with Crippen molar-refractivity contribution in [3.8, 4) is 0 Å². The Bertz CT molecular complexity index is 1520. The molecule has 0 saturated carbocycles. The van der Waals surface area contributed by atoms with E-state index in [4.69, 9.17) is 9.52 Å². The number of nitrogens with zero attached hydrogens (tertiary/aromatic N) is 2. The van der Waals surface area contributed by atoms with Gasteiger partial charge in [-0.05, 0) is 52.7 Å². The van der Waals surface area contributed by atoms with Crippen LogP contribution in [0.15, 0.2) is 83.3 Å². The standard InChI is InChI=1S/C26H21N3O5/c30-26(31)14-21-12-20-13-22(7-9-24(20)27-21)28(16-23-8-10-25(34-23)29(32)33)15-17-5-6-18-3-1-2-4-19(18)11-17/h1-13,27H,14-16H2,(H,30,31). The van der Waals surface area contributed by atoms with E-state index in [0.29, 0.717) is 24.5 Å². The summed E-state index contributed by atoms with van der Waals surface area (Å²) in [5.74, 6) is -0.711. The van der Waals surface area contributed by atoms with Gasteiger partial charge in [-0.1, -0.05) is 36.4 Å². The Morgan fingerprint density at radius 2 is 1.76 bits per heavy atom. The van der Waals surface area contributed by atoms with Crippen molar-refractivity contribution >= 4 is 39.2 Å². The molecule has 3 aromatic carbocycles. The average Bonchev–Trinajstić information content (AvgIpc) is 3.44. The highest BCUT2D eigenvalue weighted by molar-refractivity contribution is 5.86. The Labute approximate surface area is 194 Å². The van der Waals surface area contributed by atoms with Gasteiger partial charge in [0.05, 0.1) is 19.0 Å². The van der Waals surface area contributed by atoms with Gasteiger partial charge in [-0.25, -0.2) is 0 Å². The average molecular weight is 455 g/mol. The fourth-order valence-corrected chi connectivity index (χ4v) is 4.17. The number of hydrogen-bond acceptors (Lipinski definition) is 5. The number of fused-ring (bicyclic) bond motifs is 2. The molecule has 0 spiro atoms. The van der Waals surface area contributed by atoms with Gasteiger partial charge < -0.3 is 19.4 Å². The highest BCUT2D eigenvalue weighted by atomic mass is 16.6. The van der Waals surface area contributed by atoms with Crippen molar-refractivity contribution < 1.29 is 19.2 Å². The highest BCUT2D eigenvalue weighted by Gasteiger charge is 2.17. The van der Waals surface area contributed by atoms with Crippen LogP contribution in [0.3, 0.4) is 0 Å². The third kappa shape index (κ3) is 4.47. The van der Waals surface area contributed by atoms with Crippen LogP contribution in [-0.2, 0) is 24.3 Å². The number of H-pyrrole nitrogens is 1. The molecule has 8 heteroatoms. The van der Waals surface area contributed by atoms with Crippen LogP contribution in [0.1, 0.15) is 17.0 Å². The van der Waals surface area contributed by atoms with Crippen LogP contribution >= 0.6 is 0 Å². The number of benzene rings is 3. The molecule has 0 radical (unpaired) electrons. The van der Waals surface area contributed by atoms with Gasteiger partial charge in [0.1, 0.15) is 10.7 Å². The van der Waals surface area contributed by atoms with Gasteiger partial charge in [0.2, 0.25) is 0 Å². The van der Waals surface area contributed by atoms with Crippen molar-refractivity contribution in [2.24, 2.45) is 0 Å². The summed E-state index contributed by atoms with van der Waals surface area (Å²) in [6.45, 7) is 0.885. The van der Waals surface area contributed by atoms with Gasteiger partial charge in [-0.2, -0.15) is 0 Å². The van der Waals surface area contributed by atoms with E-state index in [1.54, 1.807) is 6.07 Å². The van der Waals surface area contributed by atoms with E-state index in [9.17, 15) is 14.9 Å². The predicted octanol–water partition coefficient (Wildman–Crippen LogP) is 5.66. The number of nitro groups is 1. The summed E-state index contributed by atoms with van der Waals surface area (Å²) in [7, 11) is 0. The van der Waals surface area contributed by atoms with E-state index >= 15 is 0 Å². The number of aromatic amines is 1. The van der Waals surface area contributed by atoms with Crippen molar-refractivity contribution in [3.05, 3.63) is 106 Å². The smallest absolute Gasteiger partial charge is 0.433 e. The molecule has 0 atom stereocenters. The lowest BCUT2D eigenvalue weighted by atomic mass is 10.1.